The number of amides is 1. The van der Waals surface area contributed by atoms with Gasteiger partial charge in [0.25, 0.3) is 11.7 Å². The highest BCUT2D eigenvalue weighted by Gasteiger charge is 2.18. The third-order valence-electron chi connectivity index (χ3n) is 2.01. The molecule has 18 heavy (non-hydrogen) atoms. The van der Waals surface area contributed by atoms with Gasteiger partial charge in [-0.25, -0.2) is 4.79 Å². The molecule has 0 bridgehead atoms. The lowest BCUT2D eigenvalue weighted by Gasteiger charge is -2.02. The maximum absolute atomic E-state index is 11.7. The van der Waals surface area contributed by atoms with Gasteiger partial charge < -0.3 is 14.6 Å². The van der Waals surface area contributed by atoms with E-state index in [2.05, 4.69) is 20.2 Å². The fourth-order valence-corrected chi connectivity index (χ4v) is 1.99. The minimum absolute atomic E-state index is 0.0884. The summed E-state index contributed by atoms with van der Waals surface area (Å²) in [5.74, 6) is -0.854. The molecule has 2 aromatic heterocycles. The van der Waals surface area contributed by atoms with Gasteiger partial charge >= 0.3 is 5.97 Å². The van der Waals surface area contributed by atoms with Crippen molar-refractivity contribution in [2.75, 3.05) is 12.4 Å². The average Bonchev–Trinajstić information content (AvgIpc) is 2.97. The second kappa shape index (κ2) is 4.96. The standard InChI is InChI=1S/C10H9N3O4S/c1-5-11-8(13-17-5)9(14)12-6-3-4-18-7(6)10(15)16-2/h3-4H,1-2H3,(H,12,14). The Labute approximate surface area is 106 Å². The van der Waals surface area contributed by atoms with Crippen LogP contribution in [0.15, 0.2) is 16.0 Å². The number of carbonyl (C=O) groups is 2. The van der Waals surface area contributed by atoms with Crippen molar-refractivity contribution in [2.24, 2.45) is 0 Å². The van der Waals surface area contributed by atoms with Crippen molar-refractivity contribution in [1.29, 1.82) is 0 Å². The molecule has 2 aromatic rings. The molecule has 2 rings (SSSR count). The summed E-state index contributed by atoms with van der Waals surface area (Å²) in [4.78, 5) is 27.2. The Kier molecular flexibility index (Phi) is 3.38. The molecule has 0 aliphatic rings. The molecule has 1 amide bonds. The third kappa shape index (κ3) is 2.38. The molecule has 0 fully saturated rings. The van der Waals surface area contributed by atoms with Gasteiger partial charge in [0.05, 0.1) is 12.8 Å². The molecule has 8 heteroatoms. The Morgan fingerprint density at radius 3 is 2.89 bits per heavy atom. The molecule has 0 unspecified atom stereocenters. The first-order valence-electron chi connectivity index (χ1n) is 4.89. The average molecular weight is 267 g/mol. The summed E-state index contributed by atoms with van der Waals surface area (Å²) in [6.07, 6.45) is 0. The van der Waals surface area contributed by atoms with E-state index in [1.165, 1.54) is 18.4 Å². The smallest absolute Gasteiger partial charge is 0.350 e. The molecule has 7 nitrogen and oxygen atoms in total. The van der Waals surface area contributed by atoms with E-state index in [4.69, 9.17) is 4.52 Å². The van der Waals surface area contributed by atoms with Crippen molar-refractivity contribution in [1.82, 2.24) is 10.1 Å². The summed E-state index contributed by atoms with van der Waals surface area (Å²) in [5, 5.41) is 7.67. The number of hydrogen-bond acceptors (Lipinski definition) is 7. The van der Waals surface area contributed by atoms with E-state index < -0.39 is 11.9 Å². The van der Waals surface area contributed by atoms with Crippen LogP contribution in [0.1, 0.15) is 26.2 Å². The molecule has 0 spiro atoms. The number of methoxy groups -OCH3 is 1. The third-order valence-corrected chi connectivity index (χ3v) is 2.91. The number of rotatable bonds is 3. The van der Waals surface area contributed by atoms with Crippen molar-refractivity contribution in [3.05, 3.63) is 28.0 Å². The topological polar surface area (TPSA) is 94.3 Å². The number of aromatic nitrogens is 2. The fourth-order valence-electron chi connectivity index (χ4n) is 1.23. The van der Waals surface area contributed by atoms with Crippen molar-refractivity contribution >= 4 is 28.9 Å². The zero-order valence-electron chi connectivity index (χ0n) is 9.59. The second-order valence-electron chi connectivity index (χ2n) is 3.25. The Morgan fingerprint density at radius 1 is 1.50 bits per heavy atom. The fraction of sp³-hybridized carbons (Fsp3) is 0.200. The SMILES string of the molecule is COC(=O)c1sccc1NC(=O)c1noc(C)n1. The number of aryl methyl sites for hydroxylation is 1. The molecular weight excluding hydrogens is 258 g/mol. The predicted molar refractivity (Wildman–Crippen MR) is 62.6 cm³/mol. The van der Waals surface area contributed by atoms with Gasteiger partial charge in [-0.05, 0) is 11.4 Å². The number of carbonyl (C=O) groups excluding carboxylic acids is 2. The largest absolute Gasteiger partial charge is 0.465 e. The Hall–Kier alpha value is -2.22. The van der Waals surface area contributed by atoms with Crippen LogP contribution in [0.2, 0.25) is 0 Å². The number of esters is 1. The minimum atomic E-state index is -0.546. The molecule has 94 valence electrons. The first kappa shape index (κ1) is 12.2. The first-order valence-corrected chi connectivity index (χ1v) is 5.77. The number of hydrogen-bond donors (Lipinski definition) is 1. The molecule has 0 aliphatic heterocycles. The van der Waals surface area contributed by atoms with Gasteiger partial charge in [-0.2, -0.15) is 4.98 Å². The van der Waals surface area contributed by atoms with Crippen LogP contribution in [0.25, 0.3) is 0 Å². The van der Waals surface area contributed by atoms with E-state index in [1.54, 1.807) is 18.4 Å². The monoisotopic (exact) mass is 267 g/mol. The molecule has 2 heterocycles. The lowest BCUT2D eigenvalue weighted by molar-refractivity contribution is 0.0607. The number of nitrogens with one attached hydrogen (secondary N) is 1. The highest BCUT2D eigenvalue weighted by Crippen LogP contribution is 2.23. The van der Waals surface area contributed by atoms with Gasteiger partial charge in [0.15, 0.2) is 0 Å². The first-order chi connectivity index (χ1) is 8.61. The molecule has 0 saturated heterocycles. The van der Waals surface area contributed by atoms with E-state index in [-0.39, 0.29) is 5.82 Å². The molecule has 0 radical (unpaired) electrons. The van der Waals surface area contributed by atoms with Crippen molar-refractivity contribution < 1.29 is 18.8 Å². The van der Waals surface area contributed by atoms with Gasteiger partial charge in [0, 0.05) is 6.92 Å². The van der Waals surface area contributed by atoms with E-state index >= 15 is 0 Å². The lowest BCUT2D eigenvalue weighted by Crippen LogP contribution is -2.15. The summed E-state index contributed by atoms with van der Waals surface area (Å²) < 4.78 is 9.29. The second-order valence-corrected chi connectivity index (χ2v) is 4.16. The molecule has 0 aromatic carbocycles. The Balaban J connectivity index is 2.17. The highest BCUT2D eigenvalue weighted by atomic mass is 32.1. The van der Waals surface area contributed by atoms with E-state index in [0.717, 1.165) is 0 Å². The molecular formula is C10H9N3O4S. The maximum atomic E-state index is 11.7. The Bertz CT molecular complexity index is 589. The summed E-state index contributed by atoms with van der Waals surface area (Å²) >= 11 is 1.17. The van der Waals surface area contributed by atoms with Crippen LogP contribution in [-0.2, 0) is 4.74 Å². The van der Waals surface area contributed by atoms with Crippen LogP contribution in [0.5, 0.6) is 0 Å². The zero-order chi connectivity index (χ0) is 13.1. The van der Waals surface area contributed by atoms with Crippen LogP contribution >= 0.6 is 11.3 Å². The van der Waals surface area contributed by atoms with E-state index in [9.17, 15) is 9.59 Å². The van der Waals surface area contributed by atoms with Gasteiger partial charge in [-0.1, -0.05) is 5.16 Å². The highest BCUT2D eigenvalue weighted by molar-refractivity contribution is 7.12. The van der Waals surface area contributed by atoms with Crippen molar-refractivity contribution in [2.45, 2.75) is 6.92 Å². The van der Waals surface area contributed by atoms with Crippen LogP contribution in [0.3, 0.4) is 0 Å². The van der Waals surface area contributed by atoms with E-state index in [0.29, 0.717) is 16.5 Å². The van der Waals surface area contributed by atoms with Crippen molar-refractivity contribution in [3.63, 3.8) is 0 Å². The van der Waals surface area contributed by atoms with Gasteiger partial charge in [-0.3, -0.25) is 4.79 Å². The molecule has 0 saturated carbocycles. The normalized spacial score (nSPS) is 10.1. The van der Waals surface area contributed by atoms with Gasteiger partial charge in [-0.15, -0.1) is 11.3 Å². The number of thiophene rings is 1. The quantitative estimate of drug-likeness (QED) is 0.846. The summed E-state index contributed by atoms with van der Waals surface area (Å²) in [7, 11) is 1.27. The summed E-state index contributed by atoms with van der Waals surface area (Å²) in [5.41, 5.74) is 0.360. The van der Waals surface area contributed by atoms with Crippen LogP contribution in [-0.4, -0.2) is 29.1 Å². The minimum Gasteiger partial charge on any atom is -0.465 e. The lowest BCUT2D eigenvalue weighted by atomic mass is 10.3. The van der Waals surface area contributed by atoms with Gasteiger partial charge in [0.1, 0.15) is 4.88 Å². The Morgan fingerprint density at radius 2 is 2.28 bits per heavy atom. The van der Waals surface area contributed by atoms with Crippen LogP contribution < -0.4 is 5.32 Å². The molecule has 0 aliphatic carbocycles. The summed E-state index contributed by atoms with van der Waals surface area (Å²) in [6.45, 7) is 1.58. The van der Waals surface area contributed by atoms with Gasteiger partial charge in [0.2, 0.25) is 5.89 Å². The van der Waals surface area contributed by atoms with Crippen molar-refractivity contribution in [3.8, 4) is 0 Å². The molecule has 1 N–H and O–H groups in total. The van der Waals surface area contributed by atoms with E-state index in [1.807, 2.05) is 0 Å². The number of anilines is 1. The zero-order valence-corrected chi connectivity index (χ0v) is 10.4. The van der Waals surface area contributed by atoms with Crippen LogP contribution in [0.4, 0.5) is 5.69 Å². The predicted octanol–water partition coefficient (Wildman–Crippen LogP) is 1.48. The maximum Gasteiger partial charge on any atom is 0.350 e. The number of ether oxygens (including phenoxy) is 1. The molecule has 0 atom stereocenters. The summed E-state index contributed by atoms with van der Waals surface area (Å²) in [6, 6.07) is 1.60. The number of nitrogens with zero attached hydrogens (tertiary/aromatic N) is 2. The van der Waals surface area contributed by atoms with Crippen LogP contribution in [0, 0.1) is 6.92 Å².